The molecule has 0 amide bonds. The Bertz CT molecular complexity index is 1230. The predicted octanol–water partition coefficient (Wildman–Crippen LogP) is 2.33. The van der Waals surface area contributed by atoms with E-state index in [0.717, 1.165) is 22.0 Å². The molecule has 0 saturated carbocycles. The molecule has 7 heteroatoms. The monoisotopic (exact) mass is 391 g/mol. The van der Waals surface area contributed by atoms with Crippen LogP contribution >= 0.6 is 0 Å². The molecule has 1 aliphatic rings. The van der Waals surface area contributed by atoms with E-state index in [1.807, 2.05) is 24.3 Å². The first-order chi connectivity index (χ1) is 14.0. The number of carbonyl (C=O) groups excluding carboxylic acids is 2. The smallest absolute Gasteiger partial charge is 0.320 e. The van der Waals surface area contributed by atoms with Crippen molar-refractivity contribution >= 4 is 22.7 Å². The van der Waals surface area contributed by atoms with Crippen molar-refractivity contribution in [3.05, 3.63) is 62.9 Å². The van der Waals surface area contributed by atoms with Crippen LogP contribution in [0, 0.1) is 6.92 Å². The van der Waals surface area contributed by atoms with Gasteiger partial charge in [-0.25, -0.2) is 4.98 Å². The Morgan fingerprint density at radius 2 is 2.03 bits per heavy atom. The molecule has 29 heavy (non-hydrogen) atoms. The molecule has 4 rings (SSSR count). The van der Waals surface area contributed by atoms with Crippen LogP contribution in [0.5, 0.6) is 0 Å². The van der Waals surface area contributed by atoms with Crippen LogP contribution in [0.3, 0.4) is 0 Å². The van der Waals surface area contributed by atoms with E-state index in [-0.39, 0.29) is 24.5 Å². The molecule has 1 aromatic carbocycles. The molecule has 148 valence electrons. The van der Waals surface area contributed by atoms with Gasteiger partial charge in [0.2, 0.25) is 0 Å². The van der Waals surface area contributed by atoms with Crippen molar-refractivity contribution in [3.8, 4) is 11.4 Å². The molecule has 2 N–H and O–H groups in total. The molecule has 0 aliphatic carbocycles. The molecule has 3 aromatic rings. The number of pyridine rings is 2. The Kier molecular flexibility index (Phi) is 4.76. The highest BCUT2D eigenvalue weighted by Gasteiger charge is 2.28. The number of ether oxygens (including phenoxy) is 1. The number of esters is 1. The highest BCUT2D eigenvalue weighted by molar-refractivity contribution is 5.98. The summed E-state index contributed by atoms with van der Waals surface area (Å²) in [5.74, 6) is -0.576. The molecular weight excluding hydrogens is 370 g/mol. The van der Waals surface area contributed by atoms with Gasteiger partial charge in [0.25, 0.3) is 5.56 Å². The minimum atomic E-state index is -0.501. The van der Waals surface area contributed by atoms with Gasteiger partial charge in [-0.05, 0) is 19.1 Å². The number of carbonyl (C=O) groups is 2. The van der Waals surface area contributed by atoms with E-state index in [0.29, 0.717) is 35.5 Å². The van der Waals surface area contributed by atoms with Crippen molar-refractivity contribution in [2.24, 2.45) is 5.73 Å². The van der Waals surface area contributed by atoms with Crippen LogP contribution in [-0.2, 0) is 22.7 Å². The number of hydrogen-bond acceptors (Lipinski definition) is 6. The summed E-state index contributed by atoms with van der Waals surface area (Å²) in [4.78, 5) is 41.7. The number of rotatable bonds is 5. The van der Waals surface area contributed by atoms with Crippen LogP contribution in [0.2, 0.25) is 0 Å². The second-order valence-electron chi connectivity index (χ2n) is 7.04. The van der Waals surface area contributed by atoms with E-state index in [4.69, 9.17) is 15.5 Å². The Balaban J connectivity index is 1.96. The van der Waals surface area contributed by atoms with Crippen molar-refractivity contribution in [1.29, 1.82) is 0 Å². The summed E-state index contributed by atoms with van der Waals surface area (Å²) < 4.78 is 6.94. The molecule has 2 aromatic heterocycles. The summed E-state index contributed by atoms with van der Waals surface area (Å²) in [5, 5.41) is 0.860. The maximum atomic E-state index is 13.0. The van der Waals surface area contributed by atoms with Gasteiger partial charge in [0, 0.05) is 34.1 Å². The first-order valence-corrected chi connectivity index (χ1v) is 9.50. The van der Waals surface area contributed by atoms with Crippen molar-refractivity contribution in [1.82, 2.24) is 9.55 Å². The zero-order valence-electron chi connectivity index (χ0n) is 16.3. The fourth-order valence-corrected chi connectivity index (χ4v) is 3.82. The Morgan fingerprint density at radius 3 is 2.76 bits per heavy atom. The van der Waals surface area contributed by atoms with Gasteiger partial charge in [-0.3, -0.25) is 14.4 Å². The lowest BCUT2D eigenvalue weighted by Gasteiger charge is -2.12. The van der Waals surface area contributed by atoms with Crippen LogP contribution in [-0.4, -0.2) is 27.8 Å². The van der Waals surface area contributed by atoms with Crippen molar-refractivity contribution in [2.45, 2.75) is 33.4 Å². The van der Waals surface area contributed by atoms with Crippen LogP contribution in [0.1, 0.15) is 40.4 Å². The largest absolute Gasteiger partial charge is 0.460 e. The Hall–Kier alpha value is -3.32. The summed E-state index contributed by atoms with van der Waals surface area (Å²) in [5.41, 5.74) is 9.65. The van der Waals surface area contributed by atoms with Crippen LogP contribution in [0.4, 0.5) is 0 Å². The number of hydrogen-bond donors (Lipinski definition) is 1. The van der Waals surface area contributed by atoms with Crippen LogP contribution < -0.4 is 11.3 Å². The van der Waals surface area contributed by atoms with E-state index in [1.54, 1.807) is 24.5 Å². The first-order valence-electron chi connectivity index (χ1n) is 9.50. The Labute approximate surface area is 167 Å². The number of fused-ring (bicyclic) bond motifs is 4. The van der Waals surface area contributed by atoms with Gasteiger partial charge in [0.15, 0.2) is 5.78 Å². The van der Waals surface area contributed by atoms with Crippen molar-refractivity contribution in [3.63, 3.8) is 0 Å². The van der Waals surface area contributed by atoms with Gasteiger partial charge in [-0.1, -0.05) is 25.1 Å². The van der Waals surface area contributed by atoms with Crippen LogP contribution in [0.15, 0.2) is 35.1 Å². The first kappa shape index (κ1) is 19.0. The molecule has 0 fully saturated rings. The number of para-hydroxylation sites is 1. The topological polar surface area (TPSA) is 104 Å². The SMILES string of the molecule is CCC(=O)c1cc2n(c(=O)c1C)Cc1c-2nc2ccccc2c1COC(=O)CN. The molecule has 0 bridgehead atoms. The second kappa shape index (κ2) is 7.25. The normalized spacial score (nSPS) is 12.0. The number of nitrogens with two attached hydrogens (primary N) is 1. The zero-order valence-corrected chi connectivity index (χ0v) is 16.3. The van der Waals surface area contributed by atoms with Gasteiger partial charge in [-0.2, -0.15) is 0 Å². The molecule has 0 atom stereocenters. The summed E-state index contributed by atoms with van der Waals surface area (Å²) in [6.45, 7) is 3.61. The van der Waals surface area contributed by atoms with E-state index < -0.39 is 5.97 Å². The lowest BCUT2D eigenvalue weighted by Crippen LogP contribution is -2.24. The molecule has 0 unspecified atom stereocenters. The standard InChI is InChI=1S/C22H21N3O4/c1-3-19(26)14-8-18-21-15(10-25(18)22(28)12(14)2)16(11-29-20(27)9-23)13-6-4-5-7-17(13)24-21/h4-8H,3,9-11,23H2,1-2H3. The number of Topliss-reactive ketones (excluding diaryl/α,β-unsaturated/α-hetero) is 1. The van der Waals surface area contributed by atoms with Crippen LogP contribution in [0.25, 0.3) is 22.3 Å². The highest BCUT2D eigenvalue weighted by atomic mass is 16.5. The lowest BCUT2D eigenvalue weighted by molar-refractivity contribution is -0.143. The van der Waals surface area contributed by atoms with E-state index in [9.17, 15) is 14.4 Å². The highest BCUT2D eigenvalue weighted by Crippen LogP contribution is 2.36. The van der Waals surface area contributed by atoms with E-state index >= 15 is 0 Å². The maximum absolute atomic E-state index is 13.0. The quantitative estimate of drug-likeness (QED) is 0.414. The Morgan fingerprint density at radius 1 is 1.28 bits per heavy atom. The minimum absolute atomic E-state index is 0.0455. The summed E-state index contributed by atoms with van der Waals surface area (Å²) in [6.07, 6.45) is 0.321. The molecular formula is C22H21N3O4. The number of nitrogens with zero attached hydrogens (tertiary/aromatic N) is 2. The fraction of sp³-hybridized carbons (Fsp3) is 0.273. The van der Waals surface area contributed by atoms with Crippen molar-refractivity contribution in [2.75, 3.05) is 6.54 Å². The molecule has 0 saturated heterocycles. The predicted molar refractivity (Wildman–Crippen MR) is 109 cm³/mol. The average molecular weight is 391 g/mol. The zero-order chi connectivity index (χ0) is 20.7. The molecule has 7 nitrogen and oxygen atoms in total. The van der Waals surface area contributed by atoms with Gasteiger partial charge in [0.05, 0.1) is 30.0 Å². The maximum Gasteiger partial charge on any atom is 0.320 e. The summed E-state index contributed by atoms with van der Waals surface area (Å²) >= 11 is 0. The number of benzene rings is 1. The van der Waals surface area contributed by atoms with Gasteiger partial charge in [0.1, 0.15) is 6.61 Å². The molecule has 1 aliphatic heterocycles. The molecule has 3 heterocycles. The fourth-order valence-electron chi connectivity index (χ4n) is 3.82. The van der Waals surface area contributed by atoms with Gasteiger partial charge in [-0.15, -0.1) is 0 Å². The third kappa shape index (κ3) is 3.03. The molecule has 0 spiro atoms. The van der Waals surface area contributed by atoms with E-state index in [1.165, 1.54) is 0 Å². The molecule has 0 radical (unpaired) electrons. The third-order valence-electron chi connectivity index (χ3n) is 5.38. The number of ketones is 1. The average Bonchev–Trinajstić information content (AvgIpc) is 3.11. The second-order valence-corrected chi connectivity index (χ2v) is 7.04. The summed E-state index contributed by atoms with van der Waals surface area (Å²) in [7, 11) is 0. The minimum Gasteiger partial charge on any atom is -0.460 e. The third-order valence-corrected chi connectivity index (χ3v) is 5.38. The number of aromatic nitrogens is 2. The lowest BCUT2D eigenvalue weighted by atomic mass is 10.00. The van der Waals surface area contributed by atoms with Gasteiger partial charge >= 0.3 is 5.97 Å². The van der Waals surface area contributed by atoms with Crippen molar-refractivity contribution < 1.29 is 14.3 Å². The summed E-state index contributed by atoms with van der Waals surface area (Å²) in [6, 6.07) is 9.31. The van der Waals surface area contributed by atoms with Gasteiger partial charge < -0.3 is 15.0 Å². The van der Waals surface area contributed by atoms with E-state index in [2.05, 4.69) is 0 Å².